The molecule has 1 aliphatic heterocycles. The lowest BCUT2D eigenvalue weighted by atomic mass is 10.1. The van der Waals surface area contributed by atoms with Crippen LogP contribution in [0, 0.1) is 21.7 Å². The first kappa shape index (κ1) is 18.9. The molecule has 0 bridgehead atoms. The first-order chi connectivity index (χ1) is 11.5. The van der Waals surface area contributed by atoms with Gasteiger partial charge in [-0.3, -0.25) is 10.1 Å². The minimum atomic E-state index is -1.48. The molecule has 138 valence electrons. The third-order valence-electron chi connectivity index (χ3n) is 3.83. The molecule has 1 amide bonds. The Morgan fingerprint density at radius 3 is 2.44 bits per heavy atom. The van der Waals surface area contributed by atoms with Crippen LogP contribution in [0.25, 0.3) is 0 Å². The molecule has 1 aromatic carbocycles. The van der Waals surface area contributed by atoms with Gasteiger partial charge in [-0.25, -0.2) is 9.18 Å². The highest BCUT2D eigenvalue weighted by molar-refractivity contribution is 5.69. The summed E-state index contributed by atoms with van der Waals surface area (Å²) in [5.41, 5.74) is -1.58. The molecule has 0 radical (unpaired) electrons. The van der Waals surface area contributed by atoms with Crippen LogP contribution in [0.2, 0.25) is 0 Å². The number of carbonyl (C=O) groups is 1. The number of nitrogens with zero attached hydrogens (tertiary/aromatic N) is 3. The number of carbonyl (C=O) groups excluding carboxylic acids is 1. The Kier molecular flexibility index (Phi) is 5.15. The Morgan fingerprint density at radius 1 is 1.28 bits per heavy atom. The van der Waals surface area contributed by atoms with Gasteiger partial charge in [0.1, 0.15) is 5.60 Å². The topological polar surface area (TPSA) is 75.9 Å². The van der Waals surface area contributed by atoms with Crippen molar-refractivity contribution >= 4 is 17.5 Å². The van der Waals surface area contributed by atoms with Gasteiger partial charge in [-0.2, -0.15) is 4.39 Å². The van der Waals surface area contributed by atoms with Gasteiger partial charge < -0.3 is 14.5 Å². The fraction of sp³-hybridized carbons (Fsp3) is 0.562. The van der Waals surface area contributed by atoms with E-state index in [9.17, 15) is 23.7 Å². The van der Waals surface area contributed by atoms with Gasteiger partial charge in [-0.15, -0.1) is 0 Å². The van der Waals surface area contributed by atoms with Crippen molar-refractivity contribution in [2.24, 2.45) is 0 Å². The van der Waals surface area contributed by atoms with Crippen molar-refractivity contribution in [1.82, 2.24) is 4.90 Å². The Morgan fingerprint density at radius 2 is 1.92 bits per heavy atom. The molecular formula is C16H21F2N3O4. The Bertz CT molecular complexity index is 691. The van der Waals surface area contributed by atoms with Crippen LogP contribution in [0.4, 0.5) is 25.0 Å². The lowest BCUT2D eigenvalue weighted by Crippen LogP contribution is -2.54. The molecule has 0 spiro atoms. The summed E-state index contributed by atoms with van der Waals surface area (Å²) in [6, 6.07) is 1.83. The van der Waals surface area contributed by atoms with E-state index in [-0.39, 0.29) is 31.4 Å². The van der Waals surface area contributed by atoms with E-state index in [1.807, 2.05) is 0 Å². The van der Waals surface area contributed by atoms with Gasteiger partial charge in [0, 0.05) is 31.7 Å². The molecule has 0 aliphatic carbocycles. The zero-order valence-electron chi connectivity index (χ0n) is 14.6. The maximum atomic E-state index is 14.2. The van der Waals surface area contributed by atoms with Gasteiger partial charge in [-0.05, 0) is 33.8 Å². The highest BCUT2D eigenvalue weighted by Gasteiger charge is 2.32. The summed E-state index contributed by atoms with van der Waals surface area (Å²) in [6.07, 6.45) is -0.464. The number of ether oxygens (including phenoxy) is 1. The van der Waals surface area contributed by atoms with Crippen molar-refractivity contribution in [1.29, 1.82) is 0 Å². The molecule has 9 heteroatoms. The number of nitro benzene ring substituents is 1. The van der Waals surface area contributed by atoms with Gasteiger partial charge in [0.15, 0.2) is 5.82 Å². The van der Waals surface area contributed by atoms with Crippen molar-refractivity contribution in [2.75, 3.05) is 24.5 Å². The van der Waals surface area contributed by atoms with Crippen molar-refractivity contribution < 1.29 is 23.2 Å². The number of anilines is 1. The van der Waals surface area contributed by atoms with E-state index in [4.69, 9.17) is 4.74 Å². The maximum absolute atomic E-state index is 14.2. The van der Waals surface area contributed by atoms with E-state index in [2.05, 4.69) is 0 Å². The van der Waals surface area contributed by atoms with E-state index >= 15 is 0 Å². The van der Waals surface area contributed by atoms with Crippen molar-refractivity contribution in [3.63, 3.8) is 0 Å². The Hall–Kier alpha value is -2.45. The SMILES string of the molecule is C[C@H]1CN(C(=O)OC(C)(C)C)CCN1c1ccc([N+](=O)[O-])c(F)c1F. The van der Waals surface area contributed by atoms with Crippen LogP contribution in [0.15, 0.2) is 12.1 Å². The molecule has 7 nitrogen and oxygen atoms in total. The van der Waals surface area contributed by atoms with Crippen LogP contribution in [-0.4, -0.2) is 47.2 Å². The molecule has 0 saturated carbocycles. The fourth-order valence-corrected chi connectivity index (χ4v) is 2.70. The Balaban J connectivity index is 2.16. The van der Waals surface area contributed by atoms with Crippen LogP contribution >= 0.6 is 0 Å². The number of amides is 1. The number of rotatable bonds is 2. The number of benzene rings is 1. The molecule has 0 unspecified atom stereocenters. The van der Waals surface area contributed by atoms with Crippen molar-refractivity contribution in [3.8, 4) is 0 Å². The minimum absolute atomic E-state index is 0.0561. The van der Waals surface area contributed by atoms with Crippen molar-refractivity contribution in [2.45, 2.75) is 39.3 Å². The van der Waals surface area contributed by atoms with E-state index in [0.29, 0.717) is 0 Å². The molecule has 2 rings (SSSR count). The van der Waals surface area contributed by atoms with Crippen LogP contribution in [0.1, 0.15) is 27.7 Å². The molecule has 1 fully saturated rings. The Labute approximate surface area is 144 Å². The van der Waals surface area contributed by atoms with Gasteiger partial charge in [0.25, 0.3) is 0 Å². The molecule has 1 aliphatic rings. The highest BCUT2D eigenvalue weighted by Crippen LogP contribution is 2.30. The van der Waals surface area contributed by atoms with Crippen LogP contribution in [0.3, 0.4) is 0 Å². The van der Waals surface area contributed by atoms with Gasteiger partial charge in [0.05, 0.1) is 10.6 Å². The second-order valence-electron chi connectivity index (χ2n) is 6.96. The maximum Gasteiger partial charge on any atom is 0.410 e. The summed E-state index contributed by atoms with van der Waals surface area (Å²) >= 11 is 0. The summed E-state index contributed by atoms with van der Waals surface area (Å²) in [6.45, 7) is 7.85. The largest absolute Gasteiger partial charge is 0.444 e. The normalized spacial score (nSPS) is 18.2. The van der Waals surface area contributed by atoms with Crippen molar-refractivity contribution in [3.05, 3.63) is 33.9 Å². The molecule has 1 aromatic rings. The molecule has 25 heavy (non-hydrogen) atoms. The third-order valence-corrected chi connectivity index (χ3v) is 3.83. The van der Waals surface area contributed by atoms with Crippen LogP contribution in [0.5, 0.6) is 0 Å². The van der Waals surface area contributed by atoms with Crippen LogP contribution in [-0.2, 0) is 4.74 Å². The smallest absolute Gasteiger partial charge is 0.410 e. The lowest BCUT2D eigenvalue weighted by molar-refractivity contribution is -0.387. The van der Waals surface area contributed by atoms with Gasteiger partial charge >= 0.3 is 11.8 Å². The summed E-state index contributed by atoms with van der Waals surface area (Å²) in [7, 11) is 0. The van der Waals surface area contributed by atoms with E-state index in [0.717, 1.165) is 6.07 Å². The summed E-state index contributed by atoms with van der Waals surface area (Å²) in [4.78, 5) is 24.9. The average Bonchev–Trinajstić information content (AvgIpc) is 2.48. The zero-order chi connectivity index (χ0) is 18.9. The van der Waals surface area contributed by atoms with Gasteiger partial charge in [-0.1, -0.05) is 0 Å². The molecule has 1 heterocycles. The number of nitro groups is 1. The first-order valence-corrected chi connectivity index (χ1v) is 7.88. The molecule has 0 aromatic heterocycles. The van der Waals surface area contributed by atoms with E-state index < -0.39 is 33.9 Å². The second-order valence-corrected chi connectivity index (χ2v) is 6.96. The van der Waals surface area contributed by atoms with E-state index in [1.165, 1.54) is 11.0 Å². The molecule has 0 N–H and O–H groups in total. The number of halogens is 2. The second kappa shape index (κ2) is 6.81. The predicted octanol–water partition coefficient (Wildman–Crippen LogP) is 3.32. The van der Waals surface area contributed by atoms with E-state index in [1.54, 1.807) is 32.6 Å². The number of piperazine rings is 1. The number of hydrogen-bond acceptors (Lipinski definition) is 5. The summed E-state index contributed by atoms with van der Waals surface area (Å²) < 4.78 is 33.4. The zero-order valence-corrected chi connectivity index (χ0v) is 14.6. The lowest BCUT2D eigenvalue weighted by Gasteiger charge is -2.41. The minimum Gasteiger partial charge on any atom is -0.444 e. The molecule has 1 atom stereocenters. The van der Waals surface area contributed by atoms with Crippen LogP contribution < -0.4 is 4.90 Å². The monoisotopic (exact) mass is 357 g/mol. The summed E-state index contributed by atoms with van der Waals surface area (Å²) in [5, 5.41) is 10.7. The predicted molar refractivity (Wildman–Crippen MR) is 87.6 cm³/mol. The molecular weight excluding hydrogens is 336 g/mol. The third kappa shape index (κ3) is 4.15. The number of hydrogen-bond donors (Lipinski definition) is 0. The van der Waals surface area contributed by atoms with Gasteiger partial charge in [0.2, 0.25) is 5.82 Å². The summed E-state index contributed by atoms with van der Waals surface area (Å²) in [5.74, 6) is -2.74. The average molecular weight is 357 g/mol. The quantitative estimate of drug-likeness (QED) is 0.599. The first-order valence-electron chi connectivity index (χ1n) is 7.88. The fourth-order valence-electron chi connectivity index (χ4n) is 2.70. The standard InChI is InChI=1S/C16H21F2N3O4/c1-10-9-19(15(22)25-16(2,3)4)7-8-20(10)11-5-6-12(21(23)24)14(18)13(11)17/h5-6,10H,7-9H2,1-4H3/t10-/m0/s1. The highest BCUT2D eigenvalue weighted by atomic mass is 19.2. The molecule has 1 saturated heterocycles.